The number of nitrogens with zero attached hydrogens (tertiary/aromatic N) is 2. The monoisotopic (exact) mass is 284 g/mol. The third kappa shape index (κ3) is 2.44. The molecule has 0 aliphatic carbocycles. The lowest BCUT2D eigenvalue weighted by Gasteiger charge is -2.06. The maximum absolute atomic E-state index is 12.2. The molecule has 94 valence electrons. The Morgan fingerprint density at radius 3 is 2.67 bits per heavy atom. The van der Waals surface area contributed by atoms with Gasteiger partial charge in [-0.05, 0) is 12.1 Å². The van der Waals surface area contributed by atoms with Crippen LogP contribution >= 0.6 is 22.9 Å². The van der Waals surface area contributed by atoms with Gasteiger partial charge in [0, 0.05) is 0 Å². The zero-order valence-corrected chi connectivity index (χ0v) is 11.2. The van der Waals surface area contributed by atoms with Gasteiger partial charge in [-0.2, -0.15) is 4.98 Å². The first-order chi connectivity index (χ1) is 8.65. The number of thiophene rings is 1. The van der Waals surface area contributed by atoms with E-state index in [9.17, 15) is 4.79 Å². The lowest BCUT2D eigenvalue weighted by molar-refractivity contribution is 0.103. The van der Waals surface area contributed by atoms with Gasteiger partial charge in [-0.3, -0.25) is 4.79 Å². The van der Waals surface area contributed by atoms with Gasteiger partial charge in [-0.1, -0.05) is 11.6 Å². The van der Waals surface area contributed by atoms with E-state index in [2.05, 4.69) is 9.97 Å². The topological polar surface area (TPSA) is 61.3 Å². The Morgan fingerprint density at radius 2 is 2.11 bits per heavy atom. The molecule has 2 heterocycles. The van der Waals surface area contributed by atoms with Crippen molar-refractivity contribution < 1.29 is 14.3 Å². The number of methoxy groups -OCH3 is 2. The van der Waals surface area contributed by atoms with Crippen molar-refractivity contribution in [3.8, 4) is 11.8 Å². The van der Waals surface area contributed by atoms with Gasteiger partial charge in [0.15, 0.2) is 5.69 Å². The van der Waals surface area contributed by atoms with Crippen LogP contribution in [-0.2, 0) is 0 Å². The first-order valence-corrected chi connectivity index (χ1v) is 6.10. The van der Waals surface area contributed by atoms with E-state index >= 15 is 0 Å². The minimum absolute atomic E-state index is 0.129. The lowest BCUT2D eigenvalue weighted by Crippen LogP contribution is -2.07. The van der Waals surface area contributed by atoms with Crippen LogP contribution in [-0.4, -0.2) is 30.0 Å². The van der Waals surface area contributed by atoms with Crippen LogP contribution in [0.4, 0.5) is 0 Å². The van der Waals surface area contributed by atoms with Crippen LogP contribution < -0.4 is 9.47 Å². The molecule has 7 heteroatoms. The van der Waals surface area contributed by atoms with Crippen LogP contribution in [0.5, 0.6) is 11.8 Å². The molecular formula is C11H9ClN2O3S. The Bertz CT molecular complexity index is 585. The molecule has 0 fully saturated rings. The third-order valence-corrected chi connectivity index (χ3v) is 3.36. The van der Waals surface area contributed by atoms with Crippen molar-refractivity contribution in [2.45, 2.75) is 0 Å². The Hall–Kier alpha value is -1.66. The van der Waals surface area contributed by atoms with Gasteiger partial charge in [0.25, 0.3) is 0 Å². The number of ether oxygens (including phenoxy) is 2. The van der Waals surface area contributed by atoms with Gasteiger partial charge in [-0.25, -0.2) is 4.98 Å². The molecule has 0 spiro atoms. The van der Waals surface area contributed by atoms with Crippen LogP contribution in [0.15, 0.2) is 18.3 Å². The SMILES string of the molecule is COc1cnc(C(=O)c2ccc(Cl)s2)c(OC)n1. The molecule has 2 rings (SSSR count). The fraction of sp³-hybridized carbons (Fsp3) is 0.182. The molecule has 18 heavy (non-hydrogen) atoms. The van der Waals surface area contributed by atoms with E-state index in [1.54, 1.807) is 12.1 Å². The molecule has 0 saturated carbocycles. The van der Waals surface area contributed by atoms with E-state index in [4.69, 9.17) is 21.1 Å². The van der Waals surface area contributed by atoms with Crippen LogP contribution in [0.2, 0.25) is 4.34 Å². The molecular weight excluding hydrogens is 276 g/mol. The quantitative estimate of drug-likeness (QED) is 0.807. The summed E-state index contributed by atoms with van der Waals surface area (Å²) in [5.41, 5.74) is 0.136. The van der Waals surface area contributed by atoms with Gasteiger partial charge in [-0.15, -0.1) is 11.3 Å². The number of carbonyl (C=O) groups is 1. The minimum atomic E-state index is -0.279. The number of hydrogen-bond acceptors (Lipinski definition) is 6. The van der Waals surface area contributed by atoms with Crippen molar-refractivity contribution in [2.24, 2.45) is 0 Å². The van der Waals surface area contributed by atoms with Gasteiger partial charge in [0.1, 0.15) is 0 Å². The first-order valence-electron chi connectivity index (χ1n) is 4.90. The first kappa shape index (κ1) is 12.8. The van der Waals surface area contributed by atoms with Crippen molar-refractivity contribution in [1.82, 2.24) is 9.97 Å². The number of aromatic nitrogens is 2. The van der Waals surface area contributed by atoms with E-state index in [1.807, 2.05) is 0 Å². The second-order valence-corrected chi connectivity index (χ2v) is 4.92. The lowest BCUT2D eigenvalue weighted by atomic mass is 10.2. The standard InChI is InChI=1S/C11H9ClN2O3S/c1-16-8-5-13-9(11(14-8)17-2)10(15)6-3-4-7(12)18-6/h3-5H,1-2H3. The molecule has 0 aromatic carbocycles. The summed E-state index contributed by atoms with van der Waals surface area (Å²) in [6.07, 6.45) is 1.37. The zero-order valence-electron chi connectivity index (χ0n) is 9.64. The van der Waals surface area contributed by atoms with Crippen molar-refractivity contribution in [3.05, 3.63) is 33.2 Å². The molecule has 0 unspecified atom stereocenters. The Labute approximate surface area is 112 Å². The van der Waals surface area contributed by atoms with Gasteiger partial charge in [0.2, 0.25) is 17.5 Å². The molecule has 0 atom stereocenters. The smallest absolute Gasteiger partial charge is 0.247 e. The van der Waals surface area contributed by atoms with Crippen molar-refractivity contribution >= 4 is 28.7 Å². The number of hydrogen-bond donors (Lipinski definition) is 0. The zero-order chi connectivity index (χ0) is 13.1. The maximum Gasteiger partial charge on any atom is 0.247 e. The largest absolute Gasteiger partial charge is 0.480 e. The Morgan fingerprint density at radius 1 is 1.33 bits per heavy atom. The second kappa shape index (κ2) is 5.32. The van der Waals surface area contributed by atoms with E-state index in [-0.39, 0.29) is 23.2 Å². The molecule has 5 nitrogen and oxygen atoms in total. The summed E-state index contributed by atoms with van der Waals surface area (Å²) in [7, 11) is 2.88. The molecule has 0 amide bonds. The highest BCUT2D eigenvalue weighted by Crippen LogP contribution is 2.26. The molecule has 0 radical (unpaired) electrons. The summed E-state index contributed by atoms with van der Waals surface area (Å²) in [5, 5.41) is 0. The van der Waals surface area contributed by atoms with Crippen molar-refractivity contribution in [3.63, 3.8) is 0 Å². The van der Waals surface area contributed by atoms with E-state index < -0.39 is 0 Å². The summed E-state index contributed by atoms with van der Waals surface area (Å²) in [6.45, 7) is 0. The molecule has 0 N–H and O–H groups in total. The fourth-order valence-corrected chi connectivity index (χ4v) is 2.29. The maximum atomic E-state index is 12.2. The Kier molecular flexibility index (Phi) is 3.78. The summed E-state index contributed by atoms with van der Waals surface area (Å²) >= 11 is 6.97. The van der Waals surface area contributed by atoms with E-state index in [0.29, 0.717) is 9.21 Å². The molecule has 0 saturated heterocycles. The van der Waals surface area contributed by atoms with Gasteiger partial charge < -0.3 is 9.47 Å². The van der Waals surface area contributed by atoms with Crippen LogP contribution in [0, 0.1) is 0 Å². The molecule has 0 aliphatic heterocycles. The van der Waals surface area contributed by atoms with Crippen molar-refractivity contribution in [1.29, 1.82) is 0 Å². The summed E-state index contributed by atoms with van der Waals surface area (Å²) in [4.78, 5) is 20.7. The summed E-state index contributed by atoms with van der Waals surface area (Å²) in [5.74, 6) is 0.135. The van der Waals surface area contributed by atoms with E-state index in [1.165, 1.54) is 31.8 Å². The summed E-state index contributed by atoms with van der Waals surface area (Å²) in [6, 6.07) is 3.30. The normalized spacial score (nSPS) is 10.2. The third-order valence-electron chi connectivity index (χ3n) is 2.13. The van der Waals surface area contributed by atoms with Gasteiger partial charge >= 0.3 is 0 Å². The highest BCUT2D eigenvalue weighted by Gasteiger charge is 2.20. The second-order valence-electron chi connectivity index (χ2n) is 3.20. The van der Waals surface area contributed by atoms with Gasteiger partial charge in [0.05, 0.1) is 29.6 Å². The highest BCUT2D eigenvalue weighted by atomic mass is 35.5. The van der Waals surface area contributed by atoms with Crippen LogP contribution in [0.1, 0.15) is 15.4 Å². The Balaban J connectivity index is 2.41. The van der Waals surface area contributed by atoms with Crippen molar-refractivity contribution in [2.75, 3.05) is 14.2 Å². The van der Waals surface area contributed by atoms with Crippen LogP contribution in [0.25, 0.3) is 0 Å². The molecule has 0 bridgehead atoms. The molecule has 2 aromatic rings. The van der Waals surface area contributed by atoms with E-state index in [0.717, 1.165) is 0 Å². The summed E-state index contributed by atoms with van der Waals surface area (Å²) < 4.78 is 10.5. The van der Waals surface area contributed by atoms with Crippen LogP contribution in [0.3, 0.4) is 0 Å². The molecule has 2 aromatic heterocycles. The predicted octanol–water partition coefficient (Wildman–Crippen LogP) is 2.44. The average molecular weight is 285 g/mol. The highest BCUT2D eigenvalue weighted by molar-refractivity contribution is 7.18. The number of ketones is 1. The number of rotatable bonds is 4. The number of carbonyl (C=O) groups excluding carboxylic acids is 1. The number of halogens is 1. The fourth-order valence-electron chi connectivity index (χ4n) is 1.31. The minimum Gasteiger partial charge on any atom is -0.480 e. The predicted molar refractivity (Wildman–Crippen MR) is 67.9 cm³/mol. The molecule has 0 aliphatic rings. The average Bonchev–Trinajstić information content (AvgIpc) is 2.83.